The van der Waals surface area contributed by atoms with Gasteiger partial charge in [0, 0.05) is 25.6 Å². The van der Waals surface area contributed by atoms with E-state index in [0.29, 0.717) is 37.4 Å². The average Bonchev–Trinajstić information content (AvgIpc) is 3.21. The number of ether oxygens (including phenoxy) is 2. The van der Waals surface area contributed by atoms with Gasteiger partial charge >= 0.3 is 0 Å². The van der Waals surface area contributed by atoms with Crippen molar-refractivity contribution in [1.29, 1.82) is 0 Å². The average molecular weight is 410 g/mol. The molecule has 0 spiro atoms. The third-order valence-electron chi connectivity index (χ3n) is 5.28. The maximum atomic E-state index is 12.4. The summed E-state index contributed by atoms with van der Waals surface area (Å²) in [4.78, 5) is 26.4. The van der Waals surface area contributed by atoms with Gasteiger partial charge in [0.05, 0.1) is 31.6 Å². The lowest BCUT2D eigenvalue weighted by Crippen LogP contribution is -2.40. The van der Waals surface area contributed by atoms with Gasteiger partial charge in [0.1, 0.15) is 0 Å². The molecule has 9 heteroatoms. The van der Waals surface area contributed by atoms with Crippen molar-refractivity contribution < 1.29 is 27.5 Å². The Morgan fingerprint density at radius 2 is 2.00 bits per heavy atom. The van der Waals surface area contributed by atoms with Crippen LogP contribution < -0.4 is 14.8 Å². The number of amides is 2. The number of likely N-dealkylation sites (tertiary alicyclic amines) is 1. The van der Waals surface area contributed by atoms with Crippen LogP contribution in [0.25, 0.3) is 0 Å². The Balaban J connectivity index is 1.52. The van der Waals surface area contributed by atoms with Gasteiger partial charge in [-0.1, -0.05) is 6.07 Å². The van der Waals surface area contributed by atoms with E-state index < -0.39 is 15.8 Å². The van der Waals surface area contributed by atoms with E-state index in [9.17, 15) is 18.0 Å². The van der Waals surface area contributed by atoms with Gasteiger partial charge in [-0.2, -0.15) is 0 Å². The molecule has 0 aromatic heterocycles. The minimum atomic E-state index is -3.05. The Morgan fingerprint density at radius 1 is 1.25 bits per heavy atom. The summed E-state index contributed by atoms with van der Waals surface area (Å²) in [5.41, 5.74) is 1.01. The minimum Gasteiger partial charge on any atom is -0.493 e. The van der Waals surface area contributed by atoms with E-state index in [1.165, 1.54) is 0 Å². The Morgan fingerprint density at radius 3 is 2.64 bits per heavy atom. The zero-order valence-electron chi connectivity index (χ0n) is 16.1. The summed E-state index contributed by atoms with van der Waals surface area (Å²) >= 11 is 0. The number of hydrogen-bond donors (Lipinski definition) is 1. The summed E-state index contributed by atoms with van der Waals surface area (Å²) in [6.07, 6.45) is 1.25. The fraction of sp³-hybridized carbons (Fsp3) is 0.579. The molecule has 2 amide bonds. The minimum absolute atomic E-state index is 0.0115. The number of carbonyl (C=O) groups excluding carboxylic acids is 2. The van der Waals surface area contributed by atoms with Crippen LogP contribution in [0.4, 0.5) is 0 Å². The Kier molecular flexibility index (Phi) is 6.12. The highest BCUT2D eigenvalue weighted by atomic mass is 32.2. The highest BCUT2D eigenvalue weighted by molar-refractivity contribution is 7.91. The fourth-order valence-corrected chi connectivity index (χ4v) is 5.37. The van der Waals surface area contributed by atoms with Crippen molar-refractivity contribution >= 4 is 21.7 Å². The molecule has 1 aromatic rings. The first-order chi connectivity index (χ1) is 13.3. The molecule has 0 saturated carbocycles. The molecule has 3 rings (SSSR count). The van der Waals surface area contributed by atoms with Gasteiger partial charge < -0.3 is 19.7 Å². The molecule has 0 aliphatic carbocycles. The third kappa shape index (κ3) is 4.76. The van der Waals surface area contributed by atoms with Gasteiger partial charge in [-0.3, -0.25) is 9.59 Å². The quantitative estimate of drug-likeness (QED) is 0.698. The van der Waals surface area contributed by atoms with Crippen LogP contribution in [-0.2, 0) is 25.8 Å². The molecular weight excluding hydrogens is 384 g/mol. The van der Waals surface area contributed by atoms with Crippen molar-refractivity contribution in [2.45, 2.75) is 25.3 Å². The normalized spacial score (nSPS) is 23.6. The highest BCUT2D eigenvalue weighted by Crippen LogP contribution is 2.28. The number of rotatable bonds is 7. The number of benzene rings is 1. The molecule has 154 valence electrons. The van der Waals surface area contributed by atoms with Crippen LogP contribution in [0.3, 0.4) is 0 Å². The molecule has 2 unspecified atom stereocenters. The zero-order valence-corrected chi connectivity index (χ0v) is 17.0. The van der Waals surface area contributed by atoms with Gasteiger partial charge in [0.25, 0.3) is 0 Å². The number of nitrogens with zero attached hydrogens (tertiary/aromatic N) is 1. The molecule has 2 heterocycles. The molecule has 2 fully saturated rings. The van der Waals surface area contributed by atoms with Crippen LogP contribution >= 0.6 is 0 Å². The van der Waals surface area contributed by atoms with Crippen molar-refractivity contribution in [3.8, 4) is 11.5 Å². The van der Waals surface area contributed by atoms with E-state index in [1.54, 1.807) is 19.1 Å². The van der Waals surface area contributed by atoms with Crippen LogP contribution in [0.15, 0.2) is 18.2 Å². The van der Waals surface area contributed by atoms with Crippen molar-refractivity contribution in [2.24, 2.45) is 5.92 Å². The summed E-state index contributed by atoms with van der Waals surface area (Å²) in [7, 11) is 0.102. The van der Waals surface area contributed by atoms with Gasteiger partial charge in [-0.25, -0.2) is 8.42 Å². The van der Waals surface area contributed by atoms with Crippen LogP contribution in [0.2, 0.25) is 0 Å². The fourth-order valence-electron chi connectivity index (χ4n) is 3.69. The van der Waals surface area contributed by atoms with Crippen molar-refractivity contribution in [2.75, 3.05) is 38.8 Å². The molecule has 0 radical (unpaired) electrons. The Bertz CT molecular complexity index is 854. The number of methoxy groups -OCH3 is 2. The number of hydrogen-bond acceptors (Lipinski definition) is 6. The molecule has 2 saturated heterocycles. The monoisotopic (exact) mass is 410 g/mol. The standard InChI is InChI=1S/C19H26N2O6S/c1-26-16-4-3-13(9-17(16)27-2)5-7-21-11-14(10-18(21)22)19(23)20-15-6-8-28(24,25)12-15/h3-4,9,14-15H,5-8,10-12H2,1-2H3,(H,20,23). The number of carbonyl (C=O) groups is 2. The van der Waals surface area contributed by atoms with Crippen LogP contribution in [-0.4, -0.2) is 70.0 Å². The first kappa shape index (κ1) is 20.4. The molecule has 2 aliphatic heterocycles. The topological polar surface area (TPSA) is 102 Å². The molecule has 2 aliphatic rings. The smallest absolute Gasteiger partial charge is 0.225 e. The number of sulfone groups is 1. The van der Waals surface area contributed by atoms with Crippen molar-refractivity contribution in [3.63, 3.8) is 0 Å². The highest BCUT2D eigenvalue weighted by Gasteiger charge is 2.36. The number of nitrogens with one attached hydrogen (secondary N) is 1. The molecular formula is C19H26N2O6S. The molecule has 8 nitrogen and oxygen atoms in total. The maximum absolute atomic E-state index is 12.4. The van der Waals surface area contributed by atoms with E-state index in [0.717, 1.165) is 5.56 Å². The van der Waals surface area contributed by atoms with Gasteiger partial charge in [-0.15, -0.1) is 0 Å². The molecule has 28 heavy (non-hydrogen) atoms. The van der Waals surface area contributed by atoms with Crippen molar-refractivity contribution in [3.05, 3.63) is 23.8 Å². The first-order valence-electron chi connectivity index (χ1n) is 9.31. The lowest BCUT2D eigenvalue weighted by molar-refractivity contribution is -0.129. The van der Waals surface area contributed by atoms with E-state index in [2.05, 4.69) is 5.32 Å². The summed E-state index contributed by atoms with van der Waals surface area (Å²) in [6.45, 7) is 0.868. The summed E-state index contributed by atoms with van der Waals surface area (Å²) in [6, 6.07) is 5.29. The summed E-state index contributed by atoms with van der Waals surface area (Å²) < 4.78 is 33.6. The second-order valence-electron chi connectivity index (χ2n) is 7.29. The first-order valence-corrected chi connectivity index (χ1v) is 11.1. The van der Waals surface area contributed by atoms with Gasteiger partial charge in [0.2, 0.25) is 11.8 Å². The second kappa shape index (κ2) is 8.38. The van der Waals surface area contributed by atoms with Crippen molar-refractivity contribution in [1.82, 2.24) is 10.2 Å². The van der Waals surface area contributed by atoms with E-state index in [1.807, 2.05) is 18.2 Å². The Hall–Kier alpha value is -2.29. The lowest BCUT2D eigenvalue weighted by Gasteiger charge is -2.18. The lowest BCUT2D eigenvalue weighted by atomic mass is 10.1. The van der Waals surface area contributed by atoms with Crippen LogP contribution in [0.5, 0.6) is 11.5 Å². The van der Waals surface area contributed by atoms with Crippen LogP contribution in [0, 0.1) is 5.92 Å². The summed E-state index contributed by atoms with van der Waals surface area (Å²) in [5, 5.41) is 2.79. The molecule has 1 N–H and O–H groups in total. The van der Waals surface area contributed by atoms with E-state index in [4.69, 9.17) is 9.47 Å². The maximum Gasteiger partial charge on any atom is 0.225 e. The molecule has 2 atom stereocenters. The largest absolute Gasteiger partial charge is 0.493 e. The summed E-state index contributed by atoms with van der Waals surface area (Å²) in [5.74, 6) is 0.664. The second-order valence-corrected chi connectivity index (χ2v) is 9.52. The van der Waals surface area contributed by atoms with E-state index >= 15 is 0 Å². The zero-order chi connectivity index (χ0) is 20.3. The molecule has 1 aromatic carbocycles. The van der Waals surface area contributed by atoms with Gasteiger partial charge in [-0.05, 0) is 30.5 Å². The van der Waals surface area contributed by atoms with E-state index in [-0.39, 0.29) is 35.8 Å². The SMILES string of the molecule is COc1ccc(CCN2CC(C(=O)NC3CCS(=O)(=O)C3)CC2=O)cc1OC. The molecule has 0 bridgehead atoms. The predicted molar refractivity (Wildman–Crippen MR) is 103 cm³/mol. The third-order valence-corrected chi connectivity index (χ3v) is 7.05. The van der Waals surface area contributed by atoms with Gasteiger partial charge in [0.15, 0.2) is 21.3 Å². The van der Waals surface area contributed by atoms with Crippen LogP contribution in [0.1, 0.15) is 18.4 Å². The predicted octanol–water partition coefficient (Wildman–Crippen LogP) is 0.398. The Labute approximate surface area is 165 Å².